The van der Waals surface area contributed by atoms with Gasteiger partial charge in [-0.1, -0.05) is 18.1 Å². The highest BCUT2D eigenvalue weighted by atomic mass is 16.5. The van der Waals surface area contributed by atoms with Crippen molar-refractivity contribution in [2.45, 2.75) is 31.3 Å². The van der Waals surface area contributed by atoms with E-state index in [4.69, 9.17) is 11.2 Å². The Hall–Kier alpha value is -3.96. The van der Waals surface area contributed by atoms with Gasteiger partial charge in [-0.2, -0.15) is 0 Å². The van der Waals surface area contributed by atoms with Crippen molar-refractivity contribution < 1.29 is 19.4 Å². The molecule has 2 aliphatic heterocycles. The first-order chi connectivity index (χ1) is 16.9. The molecular weight excluding hydrogens is 444 g/mol. The van der Waals surface area contributed by atoms with E-state index in [0.29, 0.717) is 25.9 Å². The van der Waals surface area contributed by atoms with Crippen molar-refractivity contribution >= 4 is 22.8 Å². The number of benzene rings is 2. The molecule has 3 amide bonds. The molecule has 3 N–H and O–H groups in total. The summed E-state index contributed by atoms with van der Waals surface area (Å²) in [5.41, 5.74) is 2.68. The van der Waals surface area contributed by atoms with Crippen molar-refractivity contribution in [3.05, 3.63) is 59.3 Å². The summed E-state index contributed by atoms with van der Waals surface area (Å²) in [5.74, 6) is 3.18. The fourth-order valence-electron chi connectivity index (χ4n) is 5.43. The Morgan fingerprint density at radius 3 is 2.86 bits per heavy atom. The highest BCUT2D eigenvalue weighted by Crippen LogP contribution is 2.47. The Morgan fingerprint density at radius 2 is 2.11 bits per heavy atom. The van der Waals surface area contributed by atoms with Crippen LogP contribution in [0, 0.1) is 12.3 Å². The highest BCUT2D eigenvalue weighted by molar-refractivity contribution is 6.08. The molecule has 8 nitrogen and oxygen atoms in total. The van der Waals surface area contributed by atoms with Gasteiger partial charge in [0.15, 0.2) is 0 Å². The number of rotatable bonds is 7. The van der Waals surface area contributed by atoms with Crippen molar-refractivity contribution in [3.63, 3.8) is 0 Å². The van der Waals surface area contributed by atoms with Crippen molar-refractivity contribution in [2.24, 2.45) is 0 Å². The molecule has 180 valence electrons. The van der Waals surface area contributed by atoms with Gasteiger partial charge in [0.05, 0.1) is 19.7 Å². The van der Waals surface area contributed by atoms with Gasteiger partial charge in [0.25, 0.3) is 5.91 Å². The van der Waals surface area contributed by atoms with Gasteiger partial charge in [0.2, 0.25) is 0 Å². The molecule has 0 radical (unpaired) electrons. The molecule has 3 heterocycles. The van der Waals surface area contributed by atoms with E-state index in [1.54, 1.807) is 30.2 Å². The average Bonchev–Trinajstić information content (AvgIpc) is 3.29. The first kappa shape index (κ1) is 22.8. The molecular formula is C27H28N4O4. The summed E-state index contributed by atoms with van der Waals surface area (Å²) in [5, 5.41) is 14.1. The number of carbonyl (C=O) groups excluding carboxylic acids is 2. The Bertz CT molecular complexity index is 1360. The molecule has 1 fully saturated rings. The predicted molar refractivity (Wildman–Crippen MR) is 132 cm³/mol. The van der Waals surface area contributed by atoms with E-state index in [1.165, 1.54) is 4.90 Å². The third kappa shape index (κ3) is 3.69. The van der Waals surface area contributed by atoms with Gasteiger partial charge in [-0.25, -0.2) is 4.79 Å². The number of nitrogens with zero attached hydrogens (tertiary/aromatic N) is 2. The molecule has 5 rings (SSSR count). The number of aromatic nitrogens is 1. The molecule has 1 saturated heterocycles. The summed E-state index contributed by atoms with van der Waals surface area (Å²) in [6, 6.07) is 12.1. The fraction of sp³-hybridized carbons (Fsp3) is 0.333. The lowest BCUT2D eigenvalue weighted by Crippen LogP contribution is -2.53. The minimum Gasteiger partial charge on any atom is -0.508 e. The summed E-state index contributed by atoms with van der Waals surface area (Å²) in [7, 11) is 1.62. The van der Waals surface area contributed by atoms with Crippen LogP contribution in [0.2, 0.25) is 0 Å². The van der Waals surface area contributed by atoms with Crippen LogP contribution in [0.3, 0.4) is 0 Å². The number of imide groups is 1. The van der Waals surface area contributed by atoms with Crippen molar-refractivity contribution in [2.75, 3.05) is 26.7 Å². The highest BCUT2D eigenvalue weighted by Gasteiger charge is 2.59. The number of nitrogens with one attached hydrogen (secondary N) is 2. The summed E-state index contributed by atoms with van der Waals surface area (Å²) < 4.78 is 5.45. The first-order valence-electron chi connectivity index (χ1n) is 11.6. The zero-order chi connectivity index (χ0) is 24.7. The van der Waals surface area contributed by atoms with Gasteiger partial charge in [0.1, 0.15) is 17.0 Å². The Labute approximate surface area is 203 Å². The molecule has 0 aliphatic carbocycles. The second kappa shape index (κ2) is 8.67. The van der Waals surface area contributed by atoms with E-state index < -0.39 is 11.6 Å². The van der Waals surface area contributed by atoms with Gasteiger partial charge < -0.3 is 25.0 Å². The number of hydrogen-bond acceptors (Lipinski definition) is 5. The van der Waals surface area contributed by atoms with E-state index in [0.717, 1.165) is 33.5 Å². The van der Waals surface area contributed by atoms with Crippen LogP contribution in [0.5, 0.6) is 11.5 Å². The number of terminal acetylenes is 1. The zero-order valence-electron chi connectivity index (χ0n) is 19.8. The molecule has 1 aromatic heterocycles. The SMILES string of the molecule is C#CCNCCN1C(=O)N2C(Cc3cccc(O)c3)c3[nH]c4ccc(OC)cc4c3C[C@@]2(C)C1=O. The van der Waals surface area contributed by atoms with Crippen LogP contribution in [0.25, 0.3) is 10.9 Å². The Balaban J connectivity index is 1.60. The molecule has 2 aliphatic rings. The number of amides is 3. The molecule has 0 bridgehead atoms. The standard InChI is InChI=1S/C27H28N4O4/c1-4-10-28-11-12-30-25(33)27(2)16-21-20-15-19(35-3)8-9-22(20)29-24(21)23(31(27)26(30)34)14-17-6-5-7-18(32)13-17/h1,5-9,13,15,23,28-29,32H,10-12,14,16H2,2-3H3/t23?,27-/m0/s1. The van der Waals surface area contributed by atoms with Gasteiger partial charge in [-0.3, -0.25) is 9.69 Å². The van der Waals surface area contributed by atoms with Crippen LogP contribution in [-0.4, -0.2) is 64.1 Å². The number of ether oxygens (including phenoxy) is 1. The number of phenolic OH excluding ortho intramolecular Hbond substituents is 1. The molecule has 0 saturated carbocycles. The number of H-pyrrole nitrogens is 1. The maximum Gasteiger partial charge on any atom is 0.328 e. The molecule has 2 atom stereocenters. The number of carbonyl (C=O) groups is 2. The summed E-state index contributed by atoms with van der Waals surface area (Å²) in [6.07, 6.45) is 6.14. The van der Waals surface area contributed by atoms with Crippen molar-refractivity contribution in [1.82, 2.24) is 20.1 Å². The number of fused-ring (bicyclic) bond motifs is 4. The van der Waals surface area contributed by atoms with Crippen LogP contribution >= 0.6 is 0 Å². The lowest BCUT2D eigenvalue weighted by atomic mass is 9.81. The third-order valence-corrected chi connectivity index (χ3v) is 7.07. The van der Waals surface area contributed by atoms with Crippen LogP contribution in [0.1, 0.15) is 29.8 Å². The molecule has 0 spiro atoms. The van der Waals surface area contributed by atoms with Gasteiger partial charge in [-0.15, -0.1) is 6.42 Å². The first-order valence-corrected chi connectivity index (χ1v) is 11.6. The minimum atomic E-state index is -1.03. The largest absolute Gasteiger partial charge is 0.508 e. The monoisotopic (exact) mass is 472 g/mol. The minimum absolute atomic E-state index is 0.160. The summed E-state index contributed by atoms with van der Waals surface area (Å²) in [4.78, 5) is 34.0. The maximum absolute atomic E-state index is 13.7. The van der Waals surface area contributed by atoms with Crippen LogP contribution < -0.4 is 10.1 Å². The van der Waals surface area contributed by atoms with Crippen LogP contribution in [0.15, 0.2) is 42.5 Å². The molecule has 2 aromatic carbocycles. The smallest absolute Gasteiger partial charge is 0.328 e. The second-order valence-electron chi connectivity index (χ2n) is 9.26. The zero-order valence-corrected chi connectivity index (χ0v) is 19.8. The number of methoxy groups -OCH3 is 1. The fourth-order valence-corrected chi connectivity index (χ4v) is 5.43. The number of phenols is 1. The maximum atomic E-state index is 13.7. The molecule has 8 heteroatoms. The number of aromatic amines is 1. The summed E-state index contributed by atoms with van der Waals surface area (Å²) >= 11 is 0. The van der Waals surface area contributed by atoms with E-state index in [1.807, 2.05) is 31.2 Å². The van der Waals surface area contributed by atoms with Gasteiger partial charge >= 0.3 is 6.03 Å². The number of hydrogen-bond donors (Lipinski definition) is 3. The van der Waals surface area contributed by atoms with Crippen molar-refractivity contribution in [1.29, 1.82) is 0 Å². The number of urea groups is 1. The molecule has 35 heavy (non-hydrogen) atoms. The van der Waals surface area contributed by atoms with Gasteiger partial charge in [-0.05, 0) is 54.8 Å². The van der Waals surface area contributed by atoms with Crippen LogP contribution in [0.4, 0.5) is 4.79 Å². The Morgan fingerprint density at radius 1 is 1.29 bits per heavy atom. The van der Waals surface area contributed by atoms with Crippen molar-refractivity contribution in [3.8, 4) is 23.8 Å². The summed E-state index contributed by atoms with van der Waals surface area (Å²) in [6.45, 7) is 2.89. The normalized spacial score (nSPS) is 21.2. The average molecular weight is 473 g/mol. The quantitative estimate of drug-likeness (QED) is 0.279. The van der Waals surface area contributed by atoms with Gasteiger partial charge in [0, 0.05) is 36.1 Å². The van der Waals surface area contributed by atoms with E-state index >= 15 is 0 Å². The lowest BCUT2D eigenvalue weighted by Gasteiger charge is -2.42. The second-order valence-corrected chi connectivity index (χ2v) is 9.26. The van der Waals surface area contributed by atoms with E-state index in [9.17, 15) is 14.7 Å². The molecule has 3 aromatic rings. The lowest BCUT2D eigenvalue weighted by molar-refractivity contribution is -0.133. The van der Waals surface area contributed by atoms with E-state index in [-0.39, 0.29) is 24.2 Å². The van der Waals surface area contributed by atoms with Crippen LogP contribution in [-0.2, 0) is 17.6 Å². The number of aromatic hydroxyl groups is 1. The topological polar surface area (TPSA) is 97.9 Å². The third-order valence-electron chi connectivity index (χ3n) is 7.07. The Kier molecular flexibility index (Phi) is 5.65. The van der Waals surface area contributed by atoms with E-state index in [2.05, 4.69) is 16.2 Å². The molecule has 1 unspecified atom stereocenters. The predicted octanol–water partition coefficient (Wildman–Crippen LogP) is 2.97.